The predicted octanol–water partition coefficient (Wildman–Crippen LogP) is 2.49. The van der Waals surface area contributed by atoms with Gasteiger partial charge in [-0.15, -0.1) is 11.3 Å². The molecule has 27 heavy (non-hydrogen) atoms. The van der Waals surface area contributed by atoms with Crippen LogP contribution in [0.3, 0.4) is 0 Å². The summed E-state index contributed by atoms with van der Waals surface area (Å²) in [5.74, 6) is -0.303. The Balaban J connectivity index is 1.51. The Bertz CT molecular complexity index is 825. The number of nitro groups is 1. The quantitative estimate of drug-likeness (QED) is 0.431. The Labute approximate surface area is 160 Å². The summed E-state index contributed by atoms with van der Waals surface area (Å²) in [5.41, 5.74) is 0.402. The van der Waals surface area contributed by atoms with E-state index in [2.05, 4.69) is 10.6 Å². The Morgan fingerprint density at radius 3 is 2.78 bits per heavy atom. The van der Waals surface area contributed by atoms with Crippen LogP contribution in [0, 0.1) is 10.1 Å². The number of anilines is 1. The molecule has 0 unspecified atom stereocenters. The van der Waals surface area contributed by atoms with Gasteiger partial charge in [0.15, 0.2) is 0 Å². The number of rotatable bonds is 7. The number of amides is 2. The van der Waals surface area contributed by atoms with Gasteiger partial charge in [-0.2, -0.15) is 0 Å². The van der Waals surface area contributed by atoms with Crippen molar-refractivity contribution < 1.29 is 14.5 Å². The first kappa shape index (κ1) is 18.8. The van der Waals surface area contributed by atoms with E-state index < -0.39 is 11.0 Å². The fraction of sp³-hybridized carbons (Fsp3) is 0.333. The molecule has 0 bridgehead atoms. The molecule has 1 aliphatic rings. The minimum absolute atomic E-state index is 0.00709. The Kier molecular flexibility index (Phi) is 6.02. The molecule has 142 valence electrons. The number of hydrogen-bond donors (Lipinski definition) is 2. The van der Waals surface area contributed by atoms with Crippen LogP contribution in [-0.4, -0.2) is 47.3 Å². The summed E-state index contributed by atoms with van der Waals surface area (Å²) in [4.78, 5) is 37.8. The highest BCUT2D eigenvalue weighted by Gasteiger charge is 2.34. The zero-order valence-corrected chi connectivity index (χ0v) is 15.4. The molecule has 0 radical (unpaired) electrons. The molecule has 2 heterocycles. The van der Waals surface area contributed by atoms with Crippen LogP contribution in [-0.2, 0) is 4.79 Å². The lowest BCUT2D eigenvalue weighted by molar-refractivity contribution is -0.384. The van der Waals surface area contributed by atoms with Gasteiger partial charge in [-0.3, -0.25) is 19.7 Å². The zero-order chi connectivity index (χ0) is 19.2. The van der Waals surface area contributed by atoms with Crippen molar-refractivity contribution in [2.24, 2.45) is 0 Å². The van der Waals surface area contributed by atoms with Gasteiger partial charge in [0, 0.05) is 25.7 Å². The van der Waals surface area contributed by atoms with Crippen LogP contribution in [0.15, 0.2) is 41.8 Å². The second-order valence-electron chi connectivity index (χ2n) is 6.13. The highest BCUT2D eigenvalue weighted by atomic mass is 32.1. The first-order valence-electron chi connectivity index (χ1n) is 8.67. The summed E-state index contributed by atoms with van der Waals surface area (Å²) < 4.78 is 0. The van der Waals surface area contributed by atoms with Crippen LogP contribution in [0.5, 0.6) is 0 Å². The molecule has 8 nitrogen and oxygen atoms in total. The lowest BCUT2D eigenvalue weighted by atomic mass is 10.2. The summed E-state index contributed by atoms with van der Waals surface area (Å²) in [5, 5.41) is 18.6. The topological polar surface area (TPSA) is 105 Å². The maximum Gasteiger partial charge on any atom is 0.292 e. The van der Waals surface area contributed by atoms with Crippen molar-refractivity contribution in [2.45, 2.75) is 18.9 Å². The molecular weight excluding hydrogens is 368 g/mol. The summed E-state index contributed by atoms with van der Waals surface area (Å²) in [7, 11) is 0. The van der Waals surface area contributed by atoms with Crippen molar-refractivity contribution in [1.82, 2.24) is 10.2 Å². The summed E-state index contributed by atoms with van der Waals surface area (Å²) in [6.07, 6.45) is 1.43. The number of nitro benzene ring substituents is 1. The van der Waals surface area contributed by atoms with Gasteiger partial charge in [-0.25, -0.2) is 0 Å². The third-order valence-electron chi connectivity index (χ3n) is 4.39. The van der Waals surface area contributed by atoms with Gasteiger partial charge in [0.2, 0.25) is 5.91 Å². The van der Waals surface area contributed by atoms with Crippen LogP contribution in [0.4, 0.5) is 11.4 Å². The van der Waals surface area contributed by atoms with E-state index in [1.807, 2.05) is 11.4 Å². The summed E-state index contributed by atoms with van der Waals surface area (Å²) in [6, 6.07) is 9.47. The van der Waals surface area contributed by atoms with Gasteiger partial charge in [-0.1, -0.05) is 18.2 Å². The van der Waals surface area contributed by atoms with E-state index in [1.165, 1.54) is 17.4 Å². The lowest BCUT2D eigenvalue weighted by Crippen LogP contribution is -2.46. The number of likely N-dealkylation sites (tertiary alicyclic amines) is 1. The monoisotopic (exact) mass is 388 g/mol. The van der Waals surface area contributed by atoms with E-state index in [0.29, 0.717) is 36.6 Å². The van der Waals surface area contributed by atoms with Crippen LogP contribution in [0.2, 0.25) is 0 Å². The number of benzene rings is 1. The first-order valence-corrected chi connectivity index (χ1v) is 9.55. The Morgan fingerprint density at radius 2 is 2.04 bits per heavy atom. The molecule has 9 heteroatoms. The van der Waals surface area contributed by atoms with Gasteiger partial charge in [0.1, 0.15) is 11.7 Å². The van der Waals surface area contributed by atoms with E-state index in [9.17, 15) is 19.7 Å². The van der Waals surface area contributed by atoms with Crippen molar-refractivity contribution >= 4 is 34.5 Å². The van der Waals surface area contributed by atoms with E-state index in [-0.39, 0.29) is 17.5 Å². The first-order chi connectivity index (χ1) is 13.1. The van der Waals surface area contributed by atoms with E-state index in [0.717, 1.165) is 6.42 Å². The molecule has 0 saturated carbocycles. The molecule has 1 saturated heterocycles. The van der Waals surface area contributed by atoms with E-state index >= 15 is 0 Å². The smallest absolute Gasteiger partial charge is 0.292 e. The molecule has 2 amide bonds. The SMILES string of the molecule is O=C(NCCNc1ccccc1[N+](=O)[O-])[C@@H]1CCCN1C(=O)c1cccs1. The van der Waals surface area contributed by atoms with Gasteiger partial charge < -0.3 is 15.5 Å². The van der Waals surface area contributed by atoms with Gasteiger partial charge >= 0.3 is 0 Å². The second kappa shape index (κ2) is 8.63. The Morgan fingerprint density at radius 1 is 1.22 bits per heavy atom. The van der Waals surface area contributed by atoms with Gasteiger partial charge in [0.25, 0.3) is 11.6 Å². The molecule has 0 spiro atoms. The number of para-hydroxylation sites is 2. The molecule has 3 rings (SSSR count). The average Bonchev–Trinajstić information content (AvgIpc) is 3.36. The molecule has 1 atom stereocenters. The molecule has 0 aliphatic carbocycles. The van der Waals surface area contributed by atoms with Gasteiger partial charge in [0.05, 0.1) is 9.80 Å². The zero-order valence-electron chi connectivity index (χ0n) is 14.6. The number of nitrogens with zero attached hydrogens (tertiary/aromatic N) is 2. The molecule has 1 aromatic heterocycles. The minimum atomic E-state index is -0.467. The van der Waals surface area contributed by atoms with E-state index in [1.54, 1.807) is 29.2 Å². The number of thiophene rings is 1. The minimum Gasteiger partial charge on any atom is -0.378 e. The van der Waals surface area contributed by atoms with Crippen molar-refractivity contribution in [3.8, 4) is 0 Å². The van der Waals surface area contributed by atoms with E-state index in [4.69, 9.17) is 0 Å². The van der Waals surface area contributed by atoms with Crippen LogP contribution in [0.25, 0.3) is 0 Å². The summed E-state index contributed by atoms with van der Waals surface area (Å²) >= 11 is 1.37. The number of carbonyl (C=O) groups excluding carboxylic acids is 2. The van der Waals surface area contributed by atoms with Crippen molar-refractivity contribution in [2.75, 3.05) is 25.0 Å². The Hall–Kier alpha value is -2.94. The predicted molar refractivity (Wildman–Crippen MR) is 103 cm³/mol. The number of hydrogen-bond acceptors (Lipinski definition) is 6. The second-order valence-corrected chi connectivity index (χ2v) is 7.07. The molecule has 1 aliphatic heterocycles. The van der Waals surface area contributed by atoms with Crippen LogP contribution >= 0.6 is 11.3 Å². The largest absolute Gasteiger partial charge is 0.378 e. The maximum atomic E-state index is 12.5. The highest BCUT2D eigenvalue weighted by molar-refractivity contribution is 7.12. The summed E-state index contributed by atoms with van der Waals surface area (Å²) in [6.45, 7) is 1.23. The van der Waals surface area contributed by atoms with Crippen molar-refractivity contribution in [1.29, 1.82) is 0 Å². The fourth-order valence-electron chi connectivity index (χ4n) is 3.11. The molecular formula is C18H20N4O4S. The highest BCUT2D eigenvalue weighted by Crippen LogP contribution is 2.23. The third kappa shape index (κ3) is 4.43. The number of carbonyl (C=O) groups is 2. The average molecular weight is 388 g/mol. The molecule has 1 aromatic carbocycles. The lowest BCUT2D eigenvalue weighted by Gasteiger charge is -2.23. The normalized spacial score (nSPS) is 16.1. The standard InChI is InChI=1S/C18H20N4O4S/c23-17(15-7-3-11-21(15)18(24)16-8-4-12-27-16)20-10-9-19-13-5-1-2-6-14(13)22(25)26/h1-2,4-6,8,12,15,19H,3,7,9-11H2,(H,20,23)/t15-/m0/s1. The number of nitrogens with one attached hydrogen (secondary N) is 2. The van der Waals surface area contributed by atoms with Crippen molar-refractivity contribution in [3.63, 3.8) is 0 Å². The van der Waals surface area contributed by atoms with Crippen LogP contribution in [0.1, 0.15) is 22.5 Å². The third-order valence-corrected chi connectivity index (χ3v) is 5.25. The maximum absolute atomic E-state index is 12.5. The van der Waals surface area contributed by atoms with Gasteiger partial charge in [-0.05, 0) is 30.4 Å². The fourth-order valence-corrected chi connectivity index (χ4v) is 3.79. The van der Waals surface area contributed by atoms with Crippen LogP contribution < -0.4 is 10.6 Å². The molecule has 2 aromatic rings. The molecule has 1 fully saturated rings. The van der Waals surface area contributed by atoms with Crippen molar-refractivity contribution in [3.05, 3.63) is 56.8 Å². The molecule has 2 N–H and O–H groups in total.